The highest BCUT2D eigenvalue weighted by atomic mass is 15.2. The molecule has 100 valence electrons. The van der Waals surface area contributed by atoms with Gasteiger partial charge in [-0.2, -0.15) is 0 Å². The van der Waals surface area contributed by atoms with Gasteiger partial charge in [0, 0.05) is 30.9 Å². The summed E-state index contributed by atoms with van der Waals surface area (Å²) in [6, 6.07) is 10.1. The molecule has 1 saturated heterocycles. The summed E-state index contributed by atoms with van der Waals surface area (Å²) < 4.78 is 0. The van der Waals surface area contributed by atoms with Gasteiger partial charge in [-0.25, -0.2) is 0 Å². The molecule has 0 radical (unpaired) electrons. The highest BCUT2D eigenvalue weighted by Gasteiger charge is 2.23. The first-order valence-electron chi connectivity index (χ1n) is 7.17. The second-order valence-corrected chi connectivity index (χ2v) is 6.00. The molecule has 0 bridgehead atoms. The van der Waals surface area contributed by atoms with Crippen LogP contribution in [0.15, 0.2) is 24.3 Å². The largest absolute Gasteiger partial charge is 0.381 e. The number of benzene rings is 1. The average Bonchev–Trinajstić information content (AvgIpc) is 2.78. The van der Waals surface area contributed by atoms with Crippen LogP contribution in [0.5, 0.6) is 0 Å². The molecular weight excluding hydrogens is 220 g/mol. The monoisotopic (exact) mass is 246 g/mol. The molecule has 18 heavy (non-hydrogen) atoms. The Kier molecular flexibility index (Phi) is 4.28. The quantitative estimate of drug-likeness (QED) is 0.871. The van der Waals surface area contributed by atoms with E-state index >= 15 is 0 Å². The van der Waals surface area contributed by atoms with Gasteiger partial charge >= 0.3 is 0 Å². The minimum Gasteiger partial charge on any atom is -0.381 e. The number of rotatable bonds is 4. The maximum absolute atomic E-state index is 3.68. The van der Waals surface area contributed by atoms with Crippen LogP contribution in [-0.4, -0.2) is 30.1 Å². The summed E-state index contributed by atoms with van der Waals surface area (Å²) in [6.45, 7) is 11.4. The number of nitrogens with zero attached hydrogens (tertiary/aromatic N) is 1. The molecule has 2 nitrogen and oxygen atoms in total. The first-order chi connectivity index (χ1) is 8.56. The zero-order chi connectivity index (χ0) is 13.1. The van der Waals surface area contributed by atoms with Gasteiger partial charge in [-0.05, 0) is 43.9 Å². The molecular formula is C16H26N2. The predicted octanol–water partition coefficient (Wildman–Crippen LogP) is 3.70. The predicted molar refractivity (Wildman–Crippen MR) is 79.3 cm³/mol. The summed E-state index contributed by atoms with van der Waals surface area (Å²) in [7, 11) is 0. The summed E-state index contributed by atoms with van der Waals surface area (Å²) in [5.41, 5.74) is 2.69. The Balaban J connectivity index is 1.96. The molecule has 1 fully saturated rings. The fourth-order valence-corrected chi connectivity index (χ4v) is 2.60. The SMILES string of the molecule is CC(C)c1cccc(NC2CCN(C(C)C)C2)c1. The van der Waals surface area contributed by atoms with Crippen LogP contribution in [-0.2, 0) is 0 Å². The molecule has 0 saturated carbocycles. The second-order valence-electron chi connectivity index (χ2n) is 6.00. The topological polar surface area (TPSA) is 15.3 Å². The van der Waals surface area contributed by atoms with E-state index in [1.54, 1.807) is 0 Å². The van der Waals surface area contributed by atoms with Gasteiger partial charge in [0.2, 0.25) is 0 Å². The number of nitrogens with one attached hydrogen (secondary N) is 1. The fraction of sp³-hybridized carbons (Fsp3) is 0.625. The summed E-state index contributed by atoms with van der Waals surface area (Å²) >= 11 is 0. The van der Waals surface area contributed by atoms with Crippen molar-refractivity contribution in [3.63, 3.8) is 0 Å². The summed E-state index contributed by atoms with van der Waals surface area (Å²) in [5, 5.41) is 3.68. The van der Waals surface area contributed by atoms with Gasteiger partial charge in [0.05, 0.1) is 0 Å². The van der Waals surface area contributed by atoms with E-state index in [-0.39, 0.29) is 0 Å². The summed E-state index contributed by atoms with van der Waals surface area (Å²) in [6.07, 6.45) is 1.25. The van der Waals surface area contributed by atoms with Crippen molar-refractivity contribution in [3.05, 3.63) is 29.8 Å². The van der Waals surface area contributed by atoms with E-state index in [1.165, 1.54) is 30.8 Å². The van der Waals surface area contributed by atoms with Gasteiger partial charge in [0.1, 0.15) is 0 Å². The molecule has 2 rings (SSSR count). The second kappa shape index (κ2) is 5.75. The first-order valence-corrected chi connectivity index (χ1v) is 7.17. The van der Waals surface area contributed by atoms with Crippen LogP contribution < -0.4 is 5.32 Å². The van der Waals surface area contributed by atoms with E-state index in [1.807, 2.05) is 0 Å². The molecule has 1 aliphatic rings. The van der Waals surface area contributed by atoms with Crippen molar-refractivity contribution in [1.82, 2.24) is 4.90 Å². The van der Waals surface area contributed by atoms with E-state index in [9.17, 15) is 0 Å². The van der Waals surface area contributed by atoms with Crippen LogP contribution in [0.3, 0.4) is 0 Å². The van der Waals surface area contributed by atoms with Gasteiger partial charge in [-0.3, -0.25) is 4.90 Å². The molecule has 2 heteroatoms. The molecule has 1 atom stereocenters. The number of hydrogen-bond acceptors (Lipinski definition) is 2. The molecule has 0 aromatic heterocycles. The third-order valence-corrected chi connectivity index (χ3v) is 3.87. The van der Waals surface area contributed by atoms with E-state index < -0.39 is 0 Å². The molecule has 1 N–H and O–H groups in total. The molecule has 1 unspecified atom stereocenters. The van der Waals surface area contributed by atoms with Crippen LogP contribution >= 0.6 is 0 Å². The fourth-order valence-electron chi connectivity index (χ4n) is 2.60. The van der Waals surface area contributed by atoms with Crippen molar-refractivity contribution in [2.75, 3.05) is 18.4 Å². The Labute approximate surface area is 111 Å². The van der Waals surface area contributed by atoms with E-state index in [0.717, 1.165) is 0 Å². The molecule has 1 aliphatic heterocycles. The van der Waals surface area contributed by atoms with Gasteiger partial charge in [-0.15, -0.1) is 0 Å². The van der Waals surface area contributed by atoms with Gasteiger partial charge in [0.25, 0.3) is 0 Å². The average molecular weight is 246 g/mol. The molecule has 0 amide bonds. The highest BCUT2D eigenvalue weighted by molar-refractivity contribution is 5.47. The lowest BCUT2D eigenvalue weighted by Crippen LogP contribution is -2.31. The van der Waals surface area contributed by atoms with Crippen LogP contribution in [0.25, 0.3) is 0 Å². The lowest BCUT2D eigenvalue weighted by Gasteiger charge is -2.21. The first kappa shape index (κ1) is 13.4. The number of hydrogen-bond donors (Lipinski definition) is 1. The normalized spacial score (nSPS) is 20.9. The van der Waals surface area contributed by atoms with Crippen molar-refractivity contribution in [3.8, 4) is 0 Å². The molecule has 0 aliphatic carbocycles. The molecule has 1 aromatic carbocycles. The molecule has 1 heterocycles. The smallest absolute Gasteiger partial charge is 0.0400 e. The Morgan fingerprint density at radius 3 is 2.61 bits per heavy atom. The Bertz CT molecular complexity index is 384. The van der Waals surface area contributed by atoms with Crippen molar-refractivity contribution in [2.24, 2.45) is 0 Å². The Morgan fingerprint density at radius 2 is 2.00 bits per heavy atom. The van der Waals surface area contributed by atoms with E-state index in [4.69, 9.17) is 0 Å². The van der Waals surface area contributed by atoms with Crippen LogP contribution in [0.2, 0.25) is 0 Å². The Morgan fingerprint density at radius 1 is 1.22 bits per heavy atom. The zero-order valence-corrected chi connectivity index (χ0v) is 12.1. The molecule has 0 spiro atoms. The van der Waals surface area contributed by atoms with Gasteiger partial charge in [0.15, 0.2) is 0 Å². The van der Waals surface area contributed by atoms with Crippen molar-refractivity contribution in [2.45, 2.75) is 52.1 Å². The Hall–Kier alpha value is -1.02. The lowest BCUT2D eigenvalue weighted by molar-refractivity contribution is 0.274. The standard InChI is InChI=1S/C16H26N2/c1-12(2)14-6-5-7-15(10-14)17-16-8-9-18(11-16)13(3)4/h5-7,10,12-13,16-17H,8-9,11H2,1-4H3. The lowest BCUT2D eigenvalue weighted by atomic mass is 10.0. The van der Waals surface area contributed by atoms with Crippen molar-refractivity contribution in [1.29, 1.82) is 0 Å². The maximum Gasteiger partial charge on any atom is 0.0400 e. The summed E-state index contributed by atoms with van der Waals surface area (Å²) in [4.78, 5) is 2.55. The van der Waals surface area contributed by atoms with Crippen LogP contribution in [0.4, 0.5) is 5.69 Å². The van der Waals surface area contributed by atoms with Gasteiger partial charge < -0.3 is 5.32 Å². The summed E-state index contributed by atoms with van der Waals surface area (Å²) in [5.74, 6) is 0.600. The highest BCUT2D eigenvalue weighted by Crippen LogP contribution is 2.21. The number of anilines is 1. The minimum atomic E-state index is 0.600. The zero-order valence-electron chi connectivity index (χ0n) is 12.1. The number of likely N-dealkylation sites (tertiary alicyclic amines) is 1. The van der Waals surface area contributed by atoms with Gasteiger partial charge in [-0.1, -0.05) is 26.0 Å². The maximum atomic E-state index is 3.68. The van der Waals surface area contributed by atoms with Crippen molar-refractivity contribution >= 4 is 5.69 Å². The third-order valence-electron chi connectivity index (χ3n) is 3.87. The van der Waals surface area contributed by atoms with E-state index in [2.05, 4.69) is 62.2 Å². The minimum absolute atomic E-state index is 0.600. The van der Waals surface area contributed by atoms with Crippen molar-refractivity contribution < 1.29 is 0 Å². The molecule has 1 aromatic rings. The van der Waals surface area contributed by atoms with Crippen LogP contribution in [0, 0.1) is 0 Å². The van der Waals surface area contributed by atoms with E-state index in [0.29, 0.717) is 18.0 Å². The van der Waals surface area contributed by atoms with Crippen LogP contribution in [0.1, 0.15) is 45.6 Å². The third kappa shape index (κ3) is 3.26.